The second kappa shape index (κ2) is 9.47. The fraction of sp³-hybridized carbons (Fsp3) is 0.192. The monoisotopic (exact) mass is 430 g/mol. The van der Waals surface area contributed by atoms with Gasteiger partial charge in [-0.3, -0.25) is 4.79 Å². The van der Waals surface area contributed by atoms with Gasteiger partial charge in [0.15, 0.2) is 11.5 Å². The molecule has 0 aliphatic rings. The van der Waals surface area contributed by atoms with Crippen molar-refractivity contribution in [3.8, 4) is 17.2 Å². The van der Waals surface area contributed by atoms with E-state index in [1.807, 2.05) is 65.6 Å². The maximum absolute atomic E-state index is 13.7. The van der Waals surface area contributed by atoms with Crippen molar-refractivity contribution in [3.05, 3.63) is 89.6 Å². The quantitative estimate of drug-likeness (QED) is 0.426. The van der Waals surface area contributed by atoms with Crippen LogP contribution in [-0.4, -0.2) is 37.1 Å². The highest BCUT2D eigenvalue weighted by atomic mass is 16.5. The summed E-state index contributed by atoms with van der Waals surface area (Å²) in [6.45, 7) is 0.975. The van der Waals surface area contributed by atoms with Crippen LogP contribution in [0.1, 0.15) is 21.6 Å². The summed E-state index contributed by atoms with van der Waals surface area (Å²) >= 11 is 0. The van der Waals surface area contributed by atoms with Crippen molar-refractivity contribution < 1.29 is 19.0 Å². The van der Waals surface area contributed by atoms with E-state index in [1.54, 1.807) is 33.5 Å². The topological polar surface area (TPSA) is 63.8 Å². The van der Waals surface area contributed by atoms with Crippen LogP contribution in [0.25, 0.3) is 10.9 Å². The van der Waals surface area contributed by atoms with Gasteiger partial charge in [0, 0.05) is 24.5 Å². The summed E-state index contributed by atoms with van der Waals surface area (Å²) < 4.78 is 16.5. The number of hydrogen-bond donors (Lipinski definition) is 1. The fourth-order valence-corrected chi connectivity index (χ4v) is 3.83. The first kappa shape index (κ1) is 21.3. The third-order valence-corrected chi connectivity index (χ3v) is 5.39. The SMILES string of the molecule is COc1cc(OC)c2cc(C(=O)N(Cc3ccccc3)Cc3ccccc3)[nH]c2c1OC. The van der Waals surface area contributed by atoms with Crippen molar-refractivity contribution in [2.24, 2.45) is 0 Å². The number of benzene rings is 3. The maximum Gasteiger partial charge on any atom is 0.270 e. The Morgan fingerprint density at radius 3 is 1.84 bits per heavy atom. The van der Waals surface area contributed by atoms with Gasteiger partial charge in [-0.15, -0.1) is 0 Å². The predicted octanol–water partition coefficient (Wildman–Crippen LogP) is 5.04. The van der Waals surface area contributed by atoms with Crippen LogP contribution in [0.5, 0.6) is 17.2 Å². The van der Waals surface area contributed by atoms with Crippen molar-refractivity contribution >= 4 is 16.8 Å². The molecule has 1 amide bonds. The highest BCUT2D eigenvalue weighted by Crippen LogP contribution is 2.41. The molecule has 0 atom stereocenters. The molecule has 6 heteroatoms. The number of nitrogens with zero attached hydrogens (tertiary/aromatic N) is 1. The molecule has 0 bridgehead atoms. The Bertz CT molecular complexity index is 1160. The van der Waals surface area contributed by atoms with Crippen molar-refractivity contribution in [2.75, 3.05) is 21.3 Å². The molecule has 6 nitrogen and oxygen atoms in total. The summed E-state index contributed by atoms with van der Waals surface area (Å²) in [5, 5.41) is 0.757. The first-order valence-corrected chi connectivity index (χ1v) is 10.3. The fourth-order valence-electron chi connectivity index (χ4n) is 3.83. The smallest absolute Gasteiger partial charge is 0.270 e. The van der Waals surface area contributed by atoms with E-state index in [-0.39, 0.29) is 5.91 Å². The lowest BCUT2D eigenvalue weighted by atomic mass is 10.1. The Hall–Kier alpha value is -3.93. The predicted molar refractivity (Wildman–Crippen MR) is 124 cm³/mol. The van der Waals surface area contributed by atoms with E-state index in [1.165, 1.54) is 0 Å². The maximum atomic E-state index is 13.7. The second-order valence-electron chi connectivity index (χ2n) is 7.42. The zero-order valence-electron chi connectivity index (χ0n) is 18.4. The Morgan fingerprint density at radius 1 is 0.781 bits per heavy atom. The van der Waals surface area contributed by atoms with E-state index in [9.17, 15) is 4.79 Å². The number of H-pyrrole nitrogens is 1. The highest BCUT2D eigenvalue weighted by molar-refractivity contribution is 6.02. The molecule has 0 aliphatic carbocycles. The van der Waals surface area contributed by atoms with Gasteiger partial charge in [-0.25, -0.2) is 0 Å². The molecule has 32 heavy (non-hydrogen) atoms. The zero-order chi connectivity index (χ0) is 22.5. The van der Waals surface area contributed by atoms with Gasteiger partial charge in [-0.2, -0.15) is 0 Å². The first-order valence-electron chi connectivity index (χ1n) is 10.3. The molecule has 0 aliphatic heterocycles. The molecular formula is C26H26N2O4. The third-order valence-electron chi connectivity index (χ3n) is 5.39. The molecule has 1 heterocycles. The largest absolute Gasteiger partial charge is 0.496 e. The zero-order valence-corrected chi connectivity index (χ0v) is 18.4. The first-order chi connectivity index (χ1) is 15.6. The van der Waals surface area contributed by atoms with E-state index in [0.29, 0.717) is 41.5 Å². The lowest BCUT2D eigenvalue weighted by Crippen LogP contribution is -2.30. The highest BCUT2D eigenvalue weighted by Gasteiger charge is 2.23. The van der Waals surface area contributed by atoms with E-state index < -0.39 is 0 Å². The number of methoxy groups -OCH3 is 3. The molecule has 0 saturated heterocycles. The summed E-state index contributed by atoms with van der Waals surface area (Å²) in [6.07, 6.45) is 0. The molecule has 0 spiro atoms. The second-order valence-corrected chi connectivity index (χ2v) is 7.42. The van der Waals surface area contributed by atoms with Gasteiger partial charge in [0.2, 0.25) is 0 Å². The third kappa shape index (κ3) is 4.25. The Labute approximate surface area is 187 Å². The standard InChI is InChI=1S/C26H26N2O4/c1-30-22-15-23(31-2)25(32-3)24-20(22)14-21(27-24)26(29)28(16-18-10-6-4-7-11-18)17-19-12-8-5-9-13-19/h4-15,27H,16-17H2,1-3H3. The van der Waals surface area contributed by atoms with Gasteiger partial charge in [0.25, 0.3) is 5.91 Å². The minimum atomic E-state index is -0.114. The number of fused-ring (bicyclic) bond motifs is 1. The Balaban J connectivity index is 1.75. The Kier molecular flexibility index (Phi) is 6.31. The van der Waals surface area contributed by atoms with Gasteiger partial charge in [0.1, 0.15) is 11.4 Å². The number of carbonyl (C=O) groups excluding carboxylic acids is 1. The van der Waals surface area contributed by atoms with Crippen molar-refractivity contribution in [2.45, 2.75) is 13.1 Å². The van der Waals surface area contributed by atoms with Crippen LogP contribution in [0, 0.1) is 0 Å². The van der Waals surface area contributed by atoms with Gasteiger partial charge < -0.3 is 24.1 Å². The molecule has 4 aromatic rings. The summed E-state index contributed by atoms with van der Waals surface area (Å²) in [5.41, 5.74) is 3.23. The average Bonchev–Trinajstić information content (AvgIpc) is 3.28. The molecule has 164 valence electrons. The van der Waals surface area contributed by atoms with Crippen LogP contribution in [0.15, 0.2) is 72.8 Å². The van der Waals surface area contributed by atoms with E-state index in [2.05, 4.69) is 4.98 Å². The van der Waals surface area contributed by atoms with Crippen molar-refractivity contribution in [1.29, 1.82) is 0 Å². The number of nitrogens with one attached hydrogen (secondary N) is 1. The van der Waals surface area contributed by atoms with Crippen LogP contribution in [0.3, 0.4) is 0 Å². The van der Waals surface area contributed by atoms with Crippen LogP contribution in [-0.2, 0) is 13.1 Å². The number of hydrogen-bond acceptors (Lipinski definition) is 4. The molecular weight excluding hydrogens is 404 g/mol. The van der Waals surface area contributed by atoms with Crippen LogP contribution < -0.4 is 14.2 Å². The molecule has 0 unspecified atom stereocenters. The van der Waals surface area contributed by atoms with Crippen LogP contribution >= 0.6 is 0 Å². The molecule has 0 radical (unpaired) electrons. The summed E-state index contributed by atoms with van der Waals surface area (Å²) in [6, 6.07) is 23.5. The number of aromatic nitrogens is 1. The van der Waals surface area contributed by atoms with Crippen molar-refractivity contribution in [3.63, 3.8) is 0 Å². The molecule has 1 N–H and O–H groups in total. The van der Waals surface area contributed by atoms with Gasteiger partial charge in [0.05, 0.1) is 26.8 Å². The summed E-state index contributed by atoms with van der Waals surface area (Å²) in [7, 11) is 4.73. The van der Waals surface area contributed by atoms with E-state index in [0.717, 1.165) is 16.5 Å². The molecule has 1 aromatic heterocycles. The molecule has 0 fully saturated rings. The normalized spacial score (nSPS) is 10.7. The number of amides is 1. The van der Waals surface area contributed by atoms with E-state index in [4.69, 9.17) is 14.2 Å². The Morgan fingerprint density at radius 2 is 1.34 bits per heavy atom. The summed E-state index contributed by atoms with van der Waals surface area (Å²) in [5.74, 6) is 1.55. The number of rotatable bonds is 8. The lowest BCUT2D eigenvalue weighted by Gasteiger charge is -2.22. The molecule has 3 aromatic carbocycles. The average molecular weight is 431 g/mol. The van der Waals surface area contributed by atoms with Crippen molar-refractivity contribution in [1.82, 2.24) is 9.88 Å². The van der Waals surface area contributed by atoms with Crippen LogP contribution in [0.4, 0.5) is 0 Å². The number of carbonyl (C=O) groups is 1. The minimum Gasteiger partial charge on any atom is -0.496 e. The number of aromatic amines is 1. The van der Waals surface area contributed by atoms with Gasteiger partial charge in [-0.1, -0.05) is 60.7 Å². The minimum absolute atomic E-state index is 0.114. The summed E-state index contributed by atoms with van der Waals surface area (Å²) in [4.78, 5) is 18.7. The molecule has 0 saturated carbocycles. The lowest BCUT2D eigenvalue weighted by molar-refractivity contribution is 0.0725. The van der Waals surface area contributed by atoms with Crippen LogP contribution in [0.2, 0.25) is 0 Å². The molecule has 4 rings (SSSR count). The van der Waals surface area contributed by atoms with Gasteiger partial charge in [-0.05, 0) is 17.2 Å². The van der Waals surface area contributed by atoms with Gasteiger partial charge >= 0.3 is 0 Å². The number of ether oxygens (including phenoxy) is 3. The van der Waals surface area contributed by atoms with E-state index >= 15 is 0 Å².